The lowest BCUT2D eigenvalue weighted by Gasteiger charge is -2.38. The van der Waals surface area contributed by atoms with Gasteiger partial charge in [-0.3, -0.25) is 4.79 Å². The molecule has 0 aromatic rings. The van der Waals surface area contributed by atoms with Gasteiger partial charge in [0.2, 0.25) is 5.91 Å². The van der Waals surface area contributed by atoms with E-state index in [9.17, 15) is 13.2 Å². The van der Waals surface area contributed by atoms with Crippen LogP contribution in [-0.4, -0.2) is 49.9 Å². The van der Waals surface area contributed by atoms with E-state index >= 15 is 0 Å². The first kappa shape index (κ1) is 13.4. The second-order valence-electron chi connectivity index (χ2n) is 4.58. The van der Waals surface area contributed by atoms with E-state index in [1.165, 1.54) is 0 Å². The summed E-state index contributed by atoms with van der Waals surface area (Å²) < 4.78 is 22.2. The first-order valence-electron chi connectivity index (χ1n) is 5.54. The smallest absolute Gasteiger partial charge is 0.238 e. The van der Waals surface area contributed by atoms with E-state index in [2.05, 4.69) is 0 Å². The Balaban J connectivity index is 2.72. The minimum Gasteiger partial charge on any atom is -0.337 e. The molecule has 1 amide bonds. The van der Waals surface area contributed by atoms with Crippen molar-refractivity contribution in [2.75, 3.05) is 18.6 Å². The van der Waals surface area contributed by atoms with Crippen LogP contribution in [0.5, 0.6) is 0 Å². The second kappa shape index (κ2) is 5.14. The number of nitrogens with two attached hydrogens (primary N) is 1. The van der Waals surface area contributed by atoms with Crippen LogP contribution in [-0.2, 0) is 14.6 Å². The molecule has 6 heteroatoms. The highest BCUT2D eigenvalue weighted by molar-refractivity contribution is 7.91. The predicted molar refractivity (Wildman–Crippen MR) is 62.7 cm³/mol. The zero-order valence-electron chi connectivity index (χ0n) is 9.85. The number of nitrogens with zero attached hydrogens (tertiary/aromatic N) is 1. The lowest BCUT2D eigenvalue weighted by atomic mass is 9.97. The summed E-state index contributed by atoms with van der Waals surface area (Å²) in [7, 11) is -3.25. The van der Waals surface area contributed by atoms with Gasteiger partial charge in [0.1, 0.15) is 5.75 Å². The molecule has 1 aliphatic heterocycles. The van der Waals surface area contributed by atoms with E-state index in [0.29, 0.717) is 6.54 Å². The highest BCUT2D eigenvalue weighted by atomic mass is 32.2. The van der Waals surface area contributed by atoms with Gasteiger partial charge in [-0.1, -0.05) is 0 Å². The summed E-state index contributed by atoms with van der Waals surface area (Å²) in [4.78, 5) is 13.5. The summed E-state index contributed by atoms with van der Waals surface area (Å²) in [5.41, 5.74) is 5.82. The molecule has 0 bridgehead atoms. The summed E-state index contributed by atoms with van der Waals surface area (Å²) in [6, 6.07) is -0.119. The van der Waals surface area contributed by atoms with E-state index in [4.69, 9.17) is 5.73 Å². The molecule has 0 spiro atoms. The van der Waals surface area contributed by atoms with Crippen LogP contribution in [0.4, 0.5) is 0 Å². The number of rotatable bonds is 3. The fourth-order valence-electron chi connectivity index (χ4n) is 2.12. The molecule has 1 heterocycles. The number of amides is 1. The molecule has 2 unspecified atom stereocenters. The van der Waals surface area contributed by atoms with Crippen molar-refractivity contribution in [3.05, 3.63) is 0 Å². The van der Waals surface area contributed by atoms with Gasteiger partial charge in [-0.05, 0) is 26.2 Å². The van der Waals surface area contributed by atoms with Crippen molar-refractivity contribution >= 4 is 15.7 Å². The Labute approximate surface area is 96.9 Å². The Morgan fingerprint density at radius 1 is 1.50 bits per heavy atom. The van der Waals surface area contributed by atoms with Gasteiger partial charge in [0, 0.05) is 24.9 Å². The summed E-state index contributed by atoms with van der Waals surface area (Å²) in [5.74, 6) is -0.722. The maximum Gasteiger partial charge on any atom is 0.238 e. The molecule has 1 rings (SSSR count). The standard InChI is InChI=1S/C10H20N2O3S/c1-8(11)9-5-3-4-6-12(9)10(13)7-16(2,14)15/h8-9H,3-7,11H2,1-2H3. The Bertz CT molecular complexity index is 351. The van der Waals surface area contributed by atoms with Crippen LogP contribution in [0.3, 0.4) is 0 Å². The molecule has 1 saturated heterocycles. The molecule has 16 heavy (non-hydrogen) atoms. The van der Waals surface area contributed by atoms with Crippen molar-refractivity contribution < 1.29 is 13.2 Å². The van der Waals surface area contributed by atoms with Crippen molar-refractivity contribution in [1.82, 2.24) is 4.90 Å². The van der Waals surface area contributed by atoms with Crippen molar-refractivity contribution in [1.29, 1.82) is 0 Å². The lowest BCUT2D eigenvalue weighted by Crippen LogP contribution is -2.53. The molecule has 0 aliphatic carbocycles. The number of likely N-dealkylation sites (tertiary alicyclic amines) is 1. The second-order valence-corrected chi connectivity index (χ2v) is 6.72. The molecular weight excluding hydrogens is 228 g/mol. The predicted octanol–water partition coefficient (Wildman–Crippen LogP) is -0.241. The number of hydrogen-bond donors (Lipinski definition) is 1. The van der Waals surface area contributed by atoms with E-state index in [1.807, 2.05) is 6.92 Å². The van der Waals surface area contributed by atoms with Gasteiger partial charge in [-0.25, -0.2) is 8.42 Å². The van der Waals surface area contributed by atoms with Crippen molar-refractivity contribution in [2.45, 2.75) is 38.3 Å². The first-order chi connectivity index (χ1) is 7.31. The van der Waals surface area contributed by atoms with Crippen LogP contribution in [0, 0.1) is 0 Å². The van der Waals surface area contributed by atoms with Crippen LogP contribution >= 0.6 is 0 Å². The average molecular weight is 248 g/mol. The molecule has 0 saturated carbocycles. The molecule has 0 aromatic heterocycles. The van der Waals surface area contributed by atoms with Gasteiger partial charge in [0.15, 0.2) is 9.84 Å². The SMILES string of the molecule is CC(N)C1CCCCN1C(=O)CS(C)(=O)=O. The third kappa shape index (κ3) is 3.75. The van der Waals surface area contributed by atoms with E-state index < -0.39 is 15.6 Å². The average Bonchev–Trinajstić information content (AvgIpc) is 2.15. The topological polar surface area (TPSA) is 80.5 Å². The van der Waals surface area contributed by atoms with Crippen molar-refractivity contribution in [2.24, 2.45) is 5.73 Å². The Hall–Kier alpha value is -0.620. The monoisotopic (exact) mass is 248 g/mol. The molecule has 5 nitrogen and oxygen atoms in total. The van der Waals surface area contributed by atoms with Gasteiger partial charge < -0.3 is 10.6 Å². The highest BCUT2D eigenvalue weighted by Gasteiger charge is 2.30. The lowest BCUT2D eigenvalue weighted by molar-refractivity contribution is -0.132. The number of sulfone groups is 1. The van der Waals surface area contributed by atoms with Crippen LogP contribution in [0.1, 0.15) is 26.2 Å². The zero-order chi connectivity index (χ0) is 12.3. The molecule has 1 fully saturated rings. The number of piperidine rings is 1. The summed E-state index contributed by atoms with van der Waals surface area (Å²) in [6.07, 6.45) is 3.93. The summed E-state index contributed by atoms with van der Waals surface area (Å²) in [6.45, 7) is 2.48. The Morgan fingerprint density at radius 2 is 2.12 bits per heavy atom. The molecule has 0 radical (unpaired) electrons. The third-order valence-corrected chi connectivity index (χ3v) is 3.63. The number of hydrogen-bond acceptors (Lipinski definition) is 4. The number of carbonyl (C=O) groups is 1. The first-order valence-corrected chi connectivity index (χ1v) is 7.60. The van der Waals surface area contributed by atoms with Crippen molar-refractivity contribution in [3.8, 4) is 0 Å². The van der Waals surface area contributed by atoms with Gasteiger partial charge in [-0.2, -0.15) is 0 Å². The maximum absolute atomic E-state index is 11.8. The van der Waals surface area contributed by atoms with Crippen LogP contribution in [0.2, 0.25) is 0 Å². The fraction of sp³-hybridized carbons (Fsp3) is 0.900. The van der Waals surface area contributed by atoms with Crippen molar-refractivity contribution in [3.63, 3.8) is 0 Å². The zero-order valence-corrected chi connectivity index (χ0v) is 10.7. The third-order valence-electron chi connectivity index (χ3n) is 2.86. The highest BCUT2D eigenvalue weighted by Crippen LogP contribution is 2.19. The van der Waals surface area contributed by atoms with E-state index in [1.54, 1.807) is 4.90 Å². The Kier molecular flexibility index (Phi) is 4.32. The largest absolute Gasteiger partial charge is 0.337 e. The van der Waals surface area contributed by atoms with Crippen LogP contribution < -0.4 is 5.73 Å². The van der Waals surface area contributed by atoms with Gasteiger partial charge in [0.25, 0.3) is 0 Å². The fourth-order valence-corrected chi connectivity index (χ4v) is 2.74. The van der Waals surface area contributed by atoms with Crippen LogP contribution in [0.25, 0.3) is 0 Å². The summed E-state index contributed by atoms with van der Waals surface area (Å²) >= 11 is 0. The van der Waals surface area contributed by atoms with Crippen LogP contribution in [0.15, 0.2) is 0 Å². The quantitative estimate of drug-likeness (QED) is 0.747. The molecular formula is C10H20N2O3S. The molecule has 94 valence electrons. The Morgan fingerprint density at radius 3 is 2.62 bits per heavy atom. The van der Waals surface area contributed by atoms with Gasteiger partial charge in [0.05, 0.1) is 0 Å². The molecule has 0 aromatic carbocycles. The normalized spacial score (nSPS) is 24.2. The molecule has 1 aliphatic rings. The number of carbonyl (C=O) groups excluding carboxylic acids is 1. The van der Waals surface area contributed by atoms with Gasteiger partial charge in [-0.15, -0.1) is 0 Å². The van der Waals surface area contributed by atoms with E-state index in [-0.39, 0.29) is 18.0 Å². The summed E-state index contributed by atoms with van der Waals surface area (Å²) in [5, 5.41) is 0. The minimum atomic E-state index is -3.25. The van der Waals surface area contributed by atoms with E-state index in [0.717, 1.165) is 25.5 Å². The minimum absolute atomic E-state index is 0.0111. The molecule has 2 N–H and O–H groups in total. The molecule has 2 atom stereocenters. The van der Waals surface area contributed by atoms with Gasteiger partial charge >= 0.3 is 0 Å². The maximum atomic E-state index is 11.8.